The SMILES string of the molecule is C/C(C#N)=C1/CC(c2ccccc2)Sc2ccccc2N1. The van der Waals surface area contributed by atoms with Crippen LogP contribution < -0.4 is 5.32 Å². The normalized spacial score (nSPS) is 19.7. The van der Waals surface area contributed by atoms with Crippen LogP contribution in [0, 0.1) is 11.3 Å². The summed E-state index contributed by atoms with van der Waals surface area (Å²) in [5.41, 5.74) is 4.16. The topological polar surface area (TPSA) is 35.8 Å². The minimum Gasteiger partial charge on any atom is -0.357 e. The molecule has 1 N–H and O–H groups in total. The van der Waals surface area contributed by atoms with E-state index in [0.29, 0.717) is 5.25 Å². The Morgan fingerprint density at radius 2 is 1.86 bits per heavy atom. The monoisotopic (exact) mass is 292 g/mol. The standard InChI is InChI=1S/C18H16N2S/c1-13(12-19)16-11-18(14-7-3-2-4-8-14)21-17-10-6-5-9-15(17)20-16/h2-10,18,20H,11H2,1H3/b16-13+. The Morgan fingerprint density at radius 3 is 2.62 bits per heavy atom. The van der Waals surface area contributed by atoms with E-state index in [2.05, 4.69) is 53.9 Å². The van der Waals surface area contributed by atoms with Crippen molar-refractivity contribution in [2.24, 2.45) is 0 Å². The summed E-state index contributed by atoms with van der Waals surface area (Å²) in [6.07, 6.45) is 0.836. The van der Waals surface area contributed by atoms with Crippen molar-refractivity contribution < 1.29 is 0 Å². The van der Waals surface area contributed by atoms with Crippen molar-refractivity contribution in [3.63, 3.8) is 0 Å². The van der Waals surface area contributed by atoms with Crippen molar-refractivity contribution >= 4 is 17.4 Å². The van der Waals surface area contributed by atoms with Gasteiger partial charge in [0.25, 0.3) is 0 Å². The van der Waals surface area contributed by atoms with Gasteiger partial charge in [-0.3, -0.25) is 0 Å². The Morgan fingerprint density at radius 1 is 1.14 bits per heavy atom. The number of nitriles is 1. The lowest BCUT2D eigenvalue weighted by Gasteiger charge is -2.15. The van der Waals surface area contributed by atoms with Crippen LogP contribution in [-0.4, -0.2) is 0 Å². The van der Waals surface area contributed by atoms with E-state index in [4.69, 9.17) is 0 Å². The lowest BCUT2D eigenvalue weighted by atomic mass is 10.1. The molecule has 104 valence electrons. The van der Waals surface area contributed by atoms with E-state index in [1.54, 1.807) is 0 Å². The van der Waals surface area contributed by atoms with Crippen LogP contribution in [-0.2, 0) is 0 Å². The van der Waals surface area contributed by atoms with E-state index in [-0.39, 0.29) is 0 Å². The van der Waals surface area contributed by atoms with Gasteiger partial charge in [-0.15, -0.1) is 11.8 Å². The smallest absolute Gasteiger partial charge is 0.0962 e. The van der Waals surface area contributed by atoms with E-state index in [1.807, 2.05) is 30.8 Å². The van der Waals surface area contributed by atoms with Crippen molar-refractivity contribution in [1.29, 1.82) is 5.26 Å². The summed E-state index contributed by atoms with van der Waals surface area (Å²) in [7, 11) is 0. The lowest BCUT2D eigenvalue weighted by molar-refractivity contribution is 0.917. The van der Waals surface area contributed by atoms with Gasteiger partial charge in [0.05, 0.1) is 11.8 Å². The first kappa shape index (κ1) is 13.8. The van der Waals surface area contributed by atoms with Gasteiger partial charge in [0.15, 0.2) is 0 Å². The number of fused-ring (bicyclic) bond motifs is 1. The largest absolute Gasteiger partial charge is 0.357 e. The van der Waals surface area contributed by atoms with Gasteiger partial charge in [0, 0.05) is 27.8 Å². The first-order valence-corrected chi connectivity index (χ1v) is 7.83. The summed E-state index contributed by atoms with van der Waals surface area (Å²) in [5.74, 6) is 0. The second-order valence-electron chi connectivity index (χ2n) is 5.06. The number of anilines is 1. The molecule has 1 heterocycles. The zero-order valence-electron chi connectivity index (χ0n) is 11.8. The first-order valence-electron chi connectivity index (χ1n) is 6.95. The molecule has 21 heavy (non-hydrogen) atoms. The second kappa shape index (κ2) is 6.07. The second-order valence-corrected chi connectivity index (χ2v) is 6.30. The van der Waals surface area contributed by atoms with Crippen LogP contribution in [0.3, 0.4) is 0 Å². The van der Waals surface area contributed by atoms with Crippen LogP contribution in [0.25, 0.3) is 0 Å². The molecule has 0 bridgehead atoms. The van der Waals surface area contributed by atoms with Crippen LogP contribution in [0.2, 0.25) is 0 Å². The number of hydrogen-bond donors (Lipinski definition) is 1. The van der Waals surface area contributed by atoms with E-state index in [0.717, 1.165) is 23.4 Å². The van der Waals surface area contributed by atoms with Crippen molar-refractivity contribution in [1.82, 2.24) is 0 Å². The highest BCUT2D eigenvalue weighted by molar-refractivity contribution is 7.99. The molecule has 1 aliphatic rings. The fourth-order valence-corrected chi connectivity index (χ4v) is 3.69. The Labute approximate surface area is 129 Å². The molecule has 1 atom stereocenters. The minimum absolute atomic E-state index is 0.320. The maximum absolute atomic E-state index is 9.23. The van der Waals surface area contributed by atoms with Crippen molar-refractivity contribution in [3.05, 3.63) is 71.4 Å². The Balaban J connectivity index is 2.06. The summed E-state index contributed by atoms with van der Waals surface area (Å²) >= 11 is 1.86. The highest BCUT2D eigenvalue weighted by atomic mass is 32.2. The van der Waals surface area contributed by atoms with Gasteiger partial charge in [-0.1, -0.05) is 42.5 Å². The summed E-state index contributed by atoms with van der Waals surface area (Å²) in [6, 6.07) is 21.0. The van der Waals surface area contributed by atoms with Crippen LogP contribution in [0.5, 0.6) is 0 Å². The summed E-state index contributed by atoms with van der Waals surface area (Å²) in [4.78, 5) is 1.23. The van der Waals surface area contributed by atoms with Crippen molar-refractivity contribution in [2.75, 3.05) is 5.32 Å². The van der Waals surface area contributed by atoms with E-state index < -0.39 is 0 Å². The zero-order chi connectivity index (χ0) is 14.7. The average Bonchev–Trinajstić information content (AvgIpc) is 2.74. The van der Waals surface area contributed by atoms with Gasteiger partial charge >= 0.3 is 0 Å². The van der Waals surface area contributed by atoms with E-state index in [1.165, 1.54) is 10.5 Å². The van der Waals surface area contributed by atoms with Crippen LogP contribution in [0.4, 0.5) is 5.69 Å². The molecule has 2 aromatic carbocycles. The number of para-hydroxylation sites is 1. The molecule has 0 aliphatic carbocycles. The molecule has 3 rings (SSSR count). The summed E-state index contributed by atoms with van der Waals surface area (Å²) < 4.78 is 0. The third-order valence-corrected chi connectivity index (χ3v) is 4.96. The predicted molar refractivity (Wildman–Crippen MR) is 88.0 cm³/mol. The fourth-order valence-electron chi connectivity index (χ4n) is 2.43. The quantitative estimate of drug-likeness (QED) is 0.740. The van der Waals surface area contributed by atoms with Crippen molar-refractivity contribution in [3.8, 4) is 6.07 Å². The first-order chi connectivity index (χ1) is 10.3. The van der Waals surface area contributed by atoms with Crippen LogP contribution in [0.1, 0.15) is 24.2 Å². The average molecular weight is 292 g/mol. The third kappa shape index (κ3) is 2.96. The van der Waals surface area contributed by atoms with Gasteiger partial charge in [-0.05, 0) is 24.6 Å². The fraction of sp³-hybridized carbons (Fsp3) is 0.167. The molecule has 0 saturated carbocycles. The number of nitrogens with one attached hydrogen (secondary N) is 1. The maximum atomic E-state index is 9.23. The lowest BCUT2D eigenvalue weighted by Crippen LogP contribution is -2.03. The van der Waals surface area contributed by atoms with Gasteiger partial charge in [0.1, 0.15) is 0 Å². The number of allylic oxidation sites excluding steroid dienone is 2. The van der Waals surface area contributed by atoms with Crippen LogP contribution in [0.15, 0.2) is 70.8 Å². The minimum atomic E-state index is 0.320. The van der Waals surface area contributed by atoms with Gasteiger partial charge in [0.2, 0.25) is 0 Å². The molecule has 0 spiro atoms. The Kier molecular flexibility index (Phi) is 3.98. The number of rotatable bonds is 1. The molecule has 0 radical (unpaired) electrons. The van der Waals surface area contributed by atoms with Gasteiger partial charge in [-0.25, -0.2) is 0 Å². The molecule has 1 aliphatic heterocycles. The highest BCUT2D eigenvalue weighted by Gasteiger charge is 2.22. The van der Waals surface area contributed by atoms with Gasteiger partial charge in [-0.2, -0.15) is 5.26 Å². The Hall–Kier alpha value is -2.18. The molecule has 0 saturated heterocycles. The number of benzene rings is 2. The molecular formula is C18H16N2S. The Bertz CT molecular complexity index is 713. The molecule has 3 heteroatoms. The third-order valence-electron chi connectivity index (χ3n) is 3.62. The van der Waals surface area contributed by atoms with Crippen molar-refractivity contribution in [2.45, 2.75) is 23.5 Å². The molecular weight excluding hydrogens is 276 g/mol. The number of nitrogens with zero attached hydrogens (tertiary/aromatic N) is 1. The van der Waals surface area contributed by atoms with Gasteiger partial charge < -0.3 is 5.32 Å². The molecule has 1 unspecified atom stereocenters. The number of hydrogen-bond acceptors (Lipinski definition) is 3. The van der Waals surface area contributed by atoms with E-state index >= 15 is 0 Å². The molecule has 2 nitrogen and oxygen atoms in total. The summed E-state index contributed by atoms with van der Waals surface area (Å²) in [6.45, 7) is 1.88. The van der Waals surface area contributed by atoms with E-state index in [9.17, 15) is 5.26 Å². The molecule has 0 fully saturated rings. The summed E-state index contributed by atoms with van der Waals surface area (Å²) in [5, 5.41) is 13.0. The number of thioether (sulfide) groups is 1. The molecule has 0 aromatic heterocycles. The molecule has 0 amide bonds. The molecule has 2 aromatic rings. The maximum Gasteiger partial charge on any atom is 0.0962 e. The zero-order valence-corrected chi connectivity index (χ0v) is 12.7. The predicted octanol–water partition coefficient (Wildman–Crippen LogP) is 5.13. The highest BCUT2D eigenvalue weighted by Crippen LogP contribution is 2.45. The van der Waals surface area contributed by atoms with Crippen LogP contribution >= 0.6 is 11.8 Å².